The Bertz CT molecular complexity index is 3090. The van der Waals surface area contributed by atoms with Gasteiger partial charge in [-0.25, -0.2) is 0 Å². The zero-order valence-electron chi connectivity index (χ0n) is 32.0. The lowest BCUT2D eigenvalue weighted by molar-refractivity contribution is 0.660. The van der Waals surface area contributed by atoms with Gasteiger partial charge < -0.3 is 9.47 Å². The van der Waals surface area contributed by atoms with E-state index in [4.69, 9.17) is 0 Å². The Kier molecular flexibility index (Phi) is 7.55. The Morgan fingerprint density at radius 3 is 1.63 bits per heavy atom. The van der Waals surface area contributed by atoms with Crippen LogP contribution in [0.4, 0.5) is 17.1 Å². The first-order chi connectivity index (χ1) is 28.0. The predicted octanol–water partition coefficient (Wildman–Crippen LogP) is 15.0. The lowest BCUT2D eigenvalue weighted by Gasteiger charge is -2.29. The SMILES string of the molecule is CC1(C)c2cc(N(c3ccc(-c4cccc(-c5ccccc5)c4)cc3)c3cccc4ccccc34)ccc2-c2ccc(-n3c4ccccc4c4ccccc43)cc21. The van der Waals surface area contributed by atoms with Gasteiger partial charge in [0.1, 0.15) is 0 Å². The number of fused-ring (bicyclic) bond motifs is 7. The van der Waals surface area contributed by atoms with Crippen molar-refractivity contribution in [2.45, 2.75) is 19.3 Å². The number of hydrogen-bond donors (Lipinski definition) is 0. The molecule has 270 valence electrons. The normalized spacial score (nSPS) is 12.9. The second kappa shape index (κ2) is 13.0. The van der Waals surface area contributed by atoms with Gasteiger partial charge >= 0.3 is 0 Å². The van der Waals surface area contributed by atoms with Gasteiger partial charge in [0.25, 0.3) is 0 Å². The number of hydrogen-bond acceptors (Lipinski definition) is 1. The summed E-state index contributed by atoms with van der Waals surface area (Å²) in [5.41, 5.74) is 17.0. The van der Waals surface area contributed by atoms with E-state index < -0.39 is 0 Å². The van der Waals surface area contributed by atoms with Crippen molar-refractivity contribution in [1.29, 1.82) is 0 Å². The first-order valence-electron chi connectivity index (χ1n) is 19.8. The number of benzene rings is 9. The summed E-state index contributed by atoms with van der Waals surface area (Å²) < 4.78 is 2.43. The van der Waals surface area contributed by atoms with Crippen LogP contribution in [0.2, 0.25) is 0 Å². The fourth-order valence-electron chi connectivity index (χ4n) is 9.33. The van der Waals surface area contributed by atoms with E-state index in [-0.39, 0.29) is 5.41 Å². The van der Waals surface area contributed by atoms with Crippen LogP contribution in [-0.4, -0.2) is 4.57 Å². The highest BCUT2D eigenvalue weighted by Gasteiger charge is 2.36. The van der Waals surface area contributed by atoms with Crippen molar-refractivity contribution in [3.63, 3.8) is 0 Å². The summed E-state index contributed by atoms with van der Waals surface area (Å²) in [6.07, 6.45) is 0. The molecule has 2 nitrogen and oxygen atoms in total. The lowest BCUT2D eigenvalue weighted by Crippen LogP contribution is -2.17. The van der Waals surface area contributed by atoms with Gasteiger partial charge in [-0.2, -0.15) is 0 Å². The van der Waals surface area contributed by atoms with E-state index in [1.165, 1.54) is 82.8 Å². The van der Waals surface area contributed by atoms with Gasteiger partial charge in [0.05, 0.1) is 16.7 Å². The fourth-order valence-corrected chi connectivity index (χ4v) is 9.33. The van der Waals surface area contributed by atoms with Crippen molar-refractivity contribution in [2.75, 3.05) is 4.90 Å². The van der Waals surface area contributed by atoms with Gasteiger partial charge in [0, 0.05) is 38.6 Å². The minimum absolute atomic E-state index is 0.215. The van der Waals surface area contributed by atoms with Crippen LogP contribution in [0.25, 0.3) is 71.6 Å². The molecule has 0 spiro atoms. The molecule has 10 aromatic rings. The van der Waals surface area contributed by atoms with E-state index >= 15 is 0 Å². The van der Waals surface area contributed by atoms with Crippen LogP contribution >= 0.6 is 0 Å². The summed E-state index contributed by atoms with van der Waals surface area (Å²) in [4.78, 5) is 2.44. The molecule has 11 rings (SSSR count). The summed E-state index contributed by atoms with van der Waals surface area (Å²) in [6.45, 7) is 4.77. The zero-order chi connectivity index (χ0) is 38.1. The topological polar surface area (TPSA) is 8.17 Å². The fraction of sp³-hybridized carbons (Fsp3) is 0.0545. The van der Waals surface area contributed by atoms with Crippen LogP contribution in [0.5, 0.6) is 0 Å². The summed E-state index contributed by atoms with van der Waals surface area (Å²) >= 11 is 0. The number of rotatable bonds is 6. The average molecular weight is 729 g/mol. The van der Waals surface area contributed by atoms with Gasteiger partial charge in [0.15, 0.2) is 0 Å². The first kappa shape index (κ1) is 33.2. The second-order valence-electron chi connectivity index (χ2n) is 15.8. The summed E-state index contributed by atoms with van der Waals surface area (Å²) in [5.74, 6) is 0. The molecule has 0 bridgehead atoms. The van der Waals surface area contributed by atoms with Crippen molar-refractivity contribution in [3.8, 4) is 39.1 Å². The molecule has 0 radical (unpaired) electrons. The molecule has 1 aliphatic rings. The first-order valence-corrected chi connectivity index (χ1v) is 19.8. The largest absolute Gasteiger partial charge is 0.310 e. The number of nitrogens with zero attached hydrogens (tertiary/aromatic N) is 2. The van der Waals surface area contributed by atoms with E-state index in [1.54, 1.807) is 0 Å². The van der Waals surface area contributed by atoms with Crippen LogP contribution in [0.3, 0.4) is 0 Å². The van der Waals surface area contributed by atoms with E-state index in [1.807, 2.05) is 0 Å². The van der Waals surface area contributed by atoms with Crippen LogP contribution in [0, 0.1) is 0 Å². The predicted molar refractivity (Wildman–Crippen MR) is 241 cm³/mol. The second-order valence-corrected chi connectivity index (χ2v) is 15.8. The highest BCUT2D eigenvalue weighted by molar-refractivity contribution is 6.09. The van der Waals surface area contributed by atoms with Crippen molar-refractivity contribution < 1.29 is 0 Å². The third-order valence-corrected chi connectivity index (χ3v) is 12.2. The molecule has 0 saturated carbocycles. The molecule has 0 unspecified atom stereocenters. The minimum Gasteiger partial charge on any atom is -0.310 e. The Balaban J connectivity index is 1.02. The minimum atomic E-state index is -0.215. The quantitative estimate of drug-likeness (QED) is 0.165. The van der Waals surface area contributed by atoms with Crippen LogP contribution in [-0.2, 0) is 5.41 Å². The Hall–Kier alpha value is -7.16. The van der Waals surface area contributed by atoms with E-state index in [2.05, 4.69) is 230 Å². The smallest absolute Gasteiger partial charge is 0.0541 e. The number of aromatic nitrogens is 1. The highest BCUT2D eigenvalue weighted by Crippen LogP contribution is 2.52. The Morgan fingerprint density at radius 2 is 0.912 bits per heavy atom. The molecule has 57 heavy (non-hydrogen) atoms. The molecule has 0 saturated heterocycles. The molecule has 9 aromatic carbocycles. The third kappa shape index (κ3) is 5.33. The van der Waals surface area contributed by atoms with Crippen molar-refractivity contribution >= 4 is 49.6 Å². The highest BCUT2D eigenvalue weighted by atomic mass is 15.1. The molecule has 1 aromatic heterocycles. The standard InChI is InChI=1S/C55H40N2/c1-55(2)50-35-43(30-32-46(50)47-33-31-44(36-51(47)55)57-53-23-10-8-21-48(53)49-22-9-11-24-54(49)57)56(52-25-13-17-39-16-6-7-20-45(39)52)42-28-26-38(27-29-42)41-19-12-18-40(34-41)37-14-4-3-5-15-37/h3-36H,1-2H3. The van der Waals surface area contributed by atoms with E-state index in [0.717, 1.165) is 17.1 Å². The number of para-hydroxylation sites is 2. The van der Waals surface area contributed by atoms with Crippen LogP contribution in [0.1, 0.15) is 25.0 Å². The average Bonchev–Trinajstić information content (AvgIpc) is 3.72. The van der Waals surface area contributed by atoms with E-state index in [0.29, 0.717) is 0 Å². The molecule has 0 N–H and O–H groups in total. The van der Waals surface area contributed by atoms with E-state index in [9.17, 15) is 0 Å². The van der Waals surface area contributed by atoms with Gasteiger partial charge in [-0.05, 0) is 111 Å². The summed E-state index contributed by atoms with van der Waals surface area (Å²) in [6, 6.07) is 75.6. The van der Waals surface area contributed by atoms with Crippen LogP contribution in [0.15, 0.2) is 206 Å². The molecule has 1 heterocycles. The molecular weight excluding hydrogens is 689 g/mol. The summed E-state index contributed by atoms with van der Waals surface area (Å²) in [7, 11) is 0. The maximum atomic E-state index is 2.44. The Labute approximate surface area is 333 Å². The van der Waals surface area contributed by atoms with Crippen LogP contribution < -0.4 is 4.90 Å². The van der Waals surface area contributed by atoms with Crippen molar-refractivity contribution in [1.82, 2.24) is 4.57 Å². The Morgan fingerprint density at radius 1 is 0.386 bits per heavy atom. The maximum absolute atomic E-state index is 2.44. The molecule has 2 heteroatoms. The zero-order valence-corrected chi connectivity index (χ0v) is 32.0. The van der Waals surface area contributed by atoms with Gasteiger partial charge in [-0.15, -0.1) is 0 Å². The van der Waals surface area contributed by atoms with Crippen molar-refractivity contribution in [2.24, 2.45) is 0 Å². The molecule has 0 atom stereocenters. The number of anilines is 3. The molecular formula is C55H40N2. The maximum Gasteiger partial charge on any atom is 0.0541 e. The summed E-state index contributed by atoms with van der Waals surface area (Å²) in [5, 5.41) is 5.01. The monoisotopic (exact) mass is 728 g/mol. The molecule has 0 fully saturated rings. The third-order valence-electron chi connectivity index (χ3n) is 12.2. The van der Waals surface area contributed by atoms with Crippen molar-refractivity contribution in [3.05, 3.63) is 217 Å². The van der Waals surface area contributed by atoms with Gasteiger partial charge in [-0.1, -0.05) is 159 Å². The molecule has 0 aliphatic heterocycles. The van der Waals surface area contributed by atoms with Gasteiger partial charge in [0.2, 0.25) is 0 Å². The molecule has 0 amide bonds. The van der Waals surface area contributed by atoms with Gasteiger partial charge in [-0.3, -0.25) is 0 Å². The molecule has 1 aliphatic carbocycles. The lowest BCUT2D eigenvalue weighted by atomic mass is 9.82.